The summed E-state index contributed by atoms with van der Waals surface area (Å²) in [6, 6.07) is 13.6. The fourth-order valence-corrected chi connectivity index (χ4v) is 2.79. The fraction of sp³-hybridized carbons (Fsp3) is 0.211. The highest BCUT2D eigenvalue weighted by atomic mass is 79.9. The molecular weight excluding hydrogens is 370 g/mol. The van der Waals surface area contributed by atoms with Gasteiger partial charge in [0, 0.05) is 10.5 Å². The molecule has 3 rings (SSSR count). The predicted molar refractivity (Wildman–Crippen MR) is 96.9 cm³/mol. The Kier molecular flexibility index (Phi) is 5.20. The molecule has 0 bridgehead atoms. The summed E-state index contributed by atoms with van der Waals surface area (Å²) in [6.45, 7) is 2.29. The SMILES string of the molecule is CCC(NC(=O)/C=C/c1ccc2c(c1)OCO2)c1ccc(Br)cc1. The van der Waals surface area contributed by atoms with Crippen LogP contribution in [0.3, 0.4) is 0 Å². The minimum atomic E-state index is -0.123. The molecule has 0 spiro atoms. The van der Waals surface area contributed by atoms with Gasteiger partial charge in [0.15, 0.2) is 11.5 Å². The van der Waals surface area contributed by atoms with Gasteiger partial charge in [-0.25, -0.2) is 0 Å². The van der Waals surface area contributed by atoms with Crippen LogP contribution in [-0.2, 0) is 4.79 Å². The van der Waals surface area contributed by atoms with Crippen molar-refractivity contribution in [1.82, 2.24) is 5.32 Å². The lowest BCUT2D eigenvalue weighted by Gasteiger charge is -2.16. The van der Waals surface area contributed by atoms with Crippen LogP contribution in [0, 0.1) is 0 Å². The van der Waals surface area contributed by atoms with E-state index in [9.17, 15) is 4.79 Å². The lowest BCUT2D eigenvalue weighted by Crippen LogP contribution is -2.26. The molecule has 2 aromatic rings. The van der Waals surface area contributed by atoms with Gasteiger partial charge in [-0.1, -0.05) is 41.1 Å². The average molecular weight is 388 g/mol. The Morgan fingerprint density at radius 3 is 2.71 bits per heavy atom. The van der Waals surface area contributed by atoms with Crippen LogP contribution >= 0.6 is 15.9 Å². The molecule has 1 atom stereocenters. The molecule has 1 heterocycles. The summed E-state index contributed by atoms with van der Waals surface area (Å²) in [5.74, 6) is 1.32. The molecule has 1 N–H and O–H groups in total. The van der Waals surface area contributed by atoms with E-state index in [4.69, 9.17) is 9.47 Å². The topological polar surface area (TPSA) is 47.6 Å². The first-order valence-electron chi connectivity index (χ1n) is 7.79. The van der Waals surface area contributed by atoms with Crippen molar-refractivity contribution in [2.45, 2.75) is 19.4 Å². The van der Waals surface area contributed by atoms with Crippen molar-refractivity contribution in [3.05, 3.63) is 64.1 Å². The number of carbonyl (C=O) groups excluding carboxylic acids is 1. The van der Waals surface area contributed by atoms with E-state index >= 15 is 0 Å². The predicted octanol–water partition coefficient (Wildman–Crippen LogP) is 4.46. The van der Waals surface area contributed by atoms with Crippen LogP contribution in [0.25, 0.3) is 6.08 Å². The minimum absolute atomic E-state index is 0.00740. The maximum Gasteiger partial charge on any atom is 0.244 e. The quantitative estimate of drug-likeness (QED) is 0.770. The number of hydrogen-bond acceptors (Lipinski definition) is 3. The van der Waals surface area contributed by atoms with E-state index in [2.05, 4.69) is 28.2 Å². The summed E-state index contributed by atoms with van der Waals surface area (Å²) < 4.78 is 11.6. The molecule has 124 valence electrons. The van der Waals surface area contributed by atoms with Crippen molar-refractivity contribution in [1.29, 1.82) is 0 Å². The largest absolute Gasteiger partial charge is 0.454 e. The Bertz CT molecular complexity index is 756. The summed E-state index contributed by atoms with van der Waals surface area (Å²) >= 11 is 3.42. The molecule has 1 aliphatic heterocycles. The molecule has 2 aromatic carbocycles. The zero-order valence-electron chi connectivity index (χ0n) is 13.3. The third kappa shape index (κ3) is 3.97. The second-order valence-corrected chi connectivity index (χ2v) is 6.38. The van der Waals surface area contributed by atoms with Crippen molar-refractivity contribution >= 4 is 27.9 Å². The Labute approximate surface area is 149 Å². The van der Waals surface area contributed by atoms with Crippen LogP contribution in [0.4, 0.5) is 0 Å². The van der Waals surface area contributed by atoms with Crippen molar-refractivity contribution in [3.63, 3.8) is 0 Å². The Hall–Kier alpha value is -2.27. The van der Waals surface area contributed by atoms with Gasteiger partial charge in [-0.05, 0) is 47.9 Å². The minimum Gasteiger partial charge on any atom is -0.454 e. The molecule has 0 aliphatic carbocycles. The van der Waals surface area contributed by atoms with Gasteiger partial charge in [0.2, 0.25) is 12.7 Å². The van der Waals surface area contributed by atoms with Crippen molar-refractivity contribution < 1.29 is 14.3 Å². The number of rotatable bonds is 5. The van der Waals surface area contributed by atoms with Crippen molar-refractivity contribution in [2.24, 2.45) is 0 Å². The van der Waals surface area contributed by atoms with Gasteiger partial charge in [0.25, 0.3) is 0 Å². The molecule has 0 fully saturated rings. The molecule has 4 nitrogen and oxygen atoms in total. The highest BCUT2D eigenvalue weighted by Crippen LogP contribution is 2.32. The van der Waals surface area contributed by atoms with Crippen LogP contribution in [0.5, 0.6) is 11.5 Å². The number of nitrogens with one attached hydrogen (secondary N) is 1. The Morgan fingerprint density at radius 1 is 1.21 bits per heavy atom. The van der Waals surface area contributed by atoms with Gasteiger partial charge in [0.1, 0.15) is 0 Å². The number of benzene rings is 2. The third-order valence-corrected chi connectivity index (χ3v) is 4.35. The molecule has 1 unspecified atom stereocenters. The van der Waals surface area contributed by atoms with E-state index in [1.165, 1.54) is 0 Å². The van der Waals surface area contributed by atoms with Gasteiger partial charge in [-0.2, -0.15) is 0 Å². The van der Waals surface area contributed by atoms with Gasteiger partial charge in [0.05, 0.1) is 6.04 Å². The van der Waals surface area contributed by atoms with Crippen molar-refractivity contribution in [2.75, 3.05) is 6.79 Å². The summed E-state index contributed by atoms with van der Waals surface area (Å²) in [5, 5.41) is 3.03. The summed E-state index contributed by atoms with van der Waals surface area (Å²) in [5.41, 5.74) is 1.98. The molecule has 0 saturated heterocycles. The molecule has 0 radical (unpaired) electrons. The van der Waals surface area contributed by atoms with Crippen LogP contribution in [-0.4, -0.2) is 12.7 Å². The maximum absolute atomic E-state index is 12.2. The smallest absolute Gasteiger partial charge is 0.244 e. The zero-order valence-corrected chi connectivity index (χ0v) is 14.9. The monoisotopic (exact) mass is 387 g/mol. The first-order valence-corrected chi connectivity index (χ1v) is 8.58. The van der Waals surface area contributed by atoms with E-state index in [1.54, 1.807) is 12.2 Å². The van der Waals surface area contributed by atoms with E-state index in [0.29, 0.717) is 5.75 Å². The summed E-state index contributed by atoms with van der Waals surface area (Å²) in [7, 11) is 0. The molecule has 0 saturated carbocycles. The lowest BCUT2D eigenvalue weighted by molar-refractivity contribution is -0.117. The van der Waals surface area contributed by atoms with Crippen LogP contribution in [0.15, 0.2) is 53.0 Å². The third-order valence-electron chi connectivity index (χ3n) is 3.82. The molecule has 5 heteroatoms. The van der Waals surface area contributed by atoms with E-state index in [0.717, 1.165) is 27.8 Å². The Morgan fingerprint density at radius 2 is 1.96 bits per heavy atom. The highest BCUT2D eigenvalue weighted by Gasteiger charge is 2.13. The van der Waals surface area contributed by atoms with Crippen LogP contribution in [0.1, 0.15) is 30.5 Å². The van der Waals surface area contributed by atoms with E-state index in [1.807, 2.05) is 42.5 Å². The second-order valence-electron chi connectivity index (χ2n) is 5.47. The molecular formula is C19H18BrNO3. The molecule has 0 aromatic heterocycles. The second kappa shape index (κ2) is 7.53. The molecule has 1 amide bonds. The number of amides is 1. The number of halogens is 1. The number of hydrogen-bond donors (Lipinski definition) is 1. The normalized spacial score (nSPS) is 13.9. The van der Waals surface area contributed by atoms with Gasteiger partial charge in [-0.15, -0.1) is 0 Å². The Balaban J connectivity index is 1.64. The molecule has 24 heavy (non-hydrogen) atoms. The van der Waals surface area contributed by atoms with Crippen LogP contribution < -0.4 is 14.8 Å². The fourth-order valence-electron chi connectivity index (χ4n) is 2.52. The number of ether oxygens (including phenoxy) is 2. The molecule has 1 aliphatic rings. The number of carbonyl (C=O) groups is 1. The standard InChI is InChI=1S/C19H18BrNO3/c1-2-16(14-5-7-15(20)8-6-14)21-19(22)10-4-13-3-9-17-18(11-13)24-12-23-17/h3-11,16H,2,12H2,1H3,(H,21,22)/b10-4+. The highest BCUT2D eigenvalue weighted by molar-refractivity contribution is 9.10. The van der Waals surface area contributed by atoms with E-state index in [-0.39, 0.29) is 18.7 Å². The van der Waals surface area contributed by atoms with Gasteiger partial charge < -0.3 is 14.8 Å². The van der Waals surface area contributed by atoms with Gasteiger partial charge >= 0.3 is 0 Å². The van der Waals surface area contributed by atoms with E-state index < -0.39 is 0 Å². The summed E-state index contributed by atoms with van der Waals surface area (Å²) in [4.78, 5) is 12.2. The summed E-state index contributed by atoms with van der Waals surface area (Å²) in [6.07, 6.45) is 4.13. The van der Waals surface area contributed by atoms with Gasteiger partial charge in [-0.3, -0.25) is 4.79 Å². The first kappa shape index (κ1) is 16.6. The average Bonchev–Trinajstić information content (AvgIpc) is 3.06. The number of fused-ring (bicyclic) bond motifs is 1. The van der Waals surface area contributed by atoms with Crippen LogP contribution in [0.2, 0.25) is 0 Å². The lowest BCUT2D eigenvalue weighted by atomic mass is 10.0. The first-order chi connectivity index (χ1) is 11.7. The maximum atomic E-state index is 12.2. The van der Waals surface area contributed by atoms with Crippen molar-refractivity contribution in [3.8, 4) is 11.5 Å². The zero-order chi connectivity index (χ0) is 16.9.